The highest BCUT2D eigenvalue weighted by molar-refractivity contribution is 5.67. The first-order chi connectivity index (χ1) is 9.61. The van der Waals surface area contributed by atoms with Crippen molar-refractivity contribution in [1.82, 2.24) is 9.97 Å². The molecule has 0 amide bonds. The molecule has 0 spiro atoms. The van der Waals surface area contributed by atoms with E-state index < -0.39 is 0 Å². The van der Waals surface area contributed by atoms with Crippen LogP contribution in [0.2, 0.25) is 0 Å². The molecule has 1 aromatic carbocycles. The Hall–Kier alpha value is -2.40. The highest BCUT2D eigenvalue weighted by Crippen LogP contribution is 2.21. The van der Waals surface area contributed by atoms with Crippen LogP contribution < -0.4 is 5.73 Å². The van der Waals surface area contributed by atoms with E-state index in [1.165, 1.54) is 0 Å². The SMILES string of the molecule is Cc1ccc2oc(C(N)Cc3ccc(O)cc3)nc2n1. The Morgan fingerprint density at radius 1 is 1.15 bits per heavy atom. The number of hydrogen-bond acceptors (Lipinski definition) is 5. The van der Waals surface area contributed by atoms with Gasteiger partial charge in [0.2, 0.25) is 5.89 Å². The van der Waals surface area contributed by atoms with Crippen molar-refractivity contribution >= 4 is 11.2 Å². The molecule has 3 N–H and O–H groups in total. The van der Waals surface area contributed by atoms with Crippen LogP contribution in [-0.2, 0) is 6.42 Å². The van der Waals surface area contributed by atoms with Crippen molar-refractivity contribution in [2.75, 3.05) is 0 Å². The Kier molecular flexibility index (Phi) is 3.12. The lowest BCUT2D eigenvalue weighted by atomic mass is 10.1. The van der Waals surface area contributed by atoms with Gasteiger partial charge in [-0.2, -0.15) is 4.98 Å². The molecular formula is C15H15N3O2. The van der Waals surface area contributed by atoms with Gasteiger partial charge in [-0.1, -0.05) is 12.1 Å². The van der Waals surface area contributed by atoms with Gasteiger partial charge in [0, 0.05) is 5.69 Å². The summed E-state index contributed by atoms with van der Waals surface area (Å²) in [5.41, 5.74) is 9.26. The summed E-state index contributed by atoms with van der Waals surface area (Å²) in [6.07, 6.45) is 0.589. The number of fused-ring (bicyclic) bond motifs is 1. The van der Waals surface area contributed by atoms with Crippen LogP contribution >= 0.6 is 0 Å². The van der Waals surface area contributed by atoms with Crippen LogP contribution in [0.15, 0.2) is 40.8 Å². The Bertz CT molecular complexity index is 734. The van der Waals surface area contributed by atoms with Crippen LogP contribution in [0.25, 0.3) is 11.2 Å². The van der Waals surface area contributed by atoms with Crippen molar-refractivity contribution in [3.63, 3.8) is 0 Å². The van der Waals surface area contributed by atoms with Gasteiger partial charge < -0.3 is 15.3 Å². The zero-order valence-electron chi connectivity index (χ0n) is 11.1. The molecule has 0 radical (unpaired) electrons. The lowest BCUT2D eigenvalue weighted by Gasteiger charge is -2.07. The Morgan fingerprint density at radius 2 is 1.90 bits per heavy atom. The summed E-state index contributed by atoms with van der Waals surface area (Å²) in [6, 6.07) is 10.3. The summed E-state index contributed by atoms with van der Waals surface area (Å²) in [5, 5.41) is 9.26. The molecule has 0 fully saturated rings. The number of aromatic nitrogens is 2. The zero-order valence-corrected chi connectivity index (χ0v) is 11.1. The average Bonchev–Trinajstić information content (AvgIpc) is 2.84. The van der Waals surface area contributed by atoms with E-state index in [2.05, 4.69) is 9.97 Å². The van der Waals surface area contributed by atoms with E-state index in [4.69, 9.17) is 10.2 Å². The van der Waals surface area contributed by atoms with Gasteiger partial charge in [0.15, 0.2) is 11.2 Å². The first-order valence-electron chi connectivity index (χ1n) is 6.39. The van der Waals surface area contributed by atoms with Gasteiger partial charge in [-0.15, -0.1) is 0 Å². The quantitative estimate of drug-likeness (QED) is 0.763. The highest BCUT2D eigenvalue weighted by Gasteiger charge is 2.15. The summed E-state index contributed by atoms with van der Waals surface area (Å²) in [4.78, 5) is 8.64. The van der Waals surface area contributed by atoms with Crippen molar-refractivity contribution in [2.45, 2.75) is 19.4 Å². The predicted molar refractivity (Wildman–Crippen MR) is 75.3 cm³/mol. The van der Waals surface area contributed by atoms with Gasteiger partial charge >= 0.3 is 0 Å². The van der Waals surface area contributed by atoms with Crippen molar-refractivity contribution in [3.8, 4) is 5.75 Å². The Morgan fingerprint density at radius 3 is 2.65 bits per heavy atom. The van der Waals surface area contributed by atoms with Crippen molar-refractivity contribution in [3.05, 3.63) is 53.5 Å². The lowest BCUT2D eigenvalue weighted by molar-refractivity contribution is 0.470. The number of benzene rings is 1. The molecule has 0 aliphatic rings. The number of aryl methyl sites for hydroxylation is 1. The first-order valence-corrected chi connectivity index (χ1v) is 6.39. The summed E-state index contributed by atoms with van der Waals surface area (Å²) < 4.78 is 5.63. The highest BCUT2D eigenvalue weighted by atomic mass is 16.3. The van der Waals surface area contributed by atoms with Crippen molar-refractivity contribution in [2.24, 2.45) is 5.73 Å². The molecule has 0 saturated carbocycles. The number of rotatable bonds is 3. The molecule has 1 unspecified atom stereocenters. The maximum absolute atomic E-state index is 9.26. The topological polar surface area (TPSA) is 85.2 Å². The third-order valence-electron chi connectivity index (χ3n) is 3.12. The molecule has 102 valence electrons. The second-order valence-corrected chi connectivity index (χ2v) is 4.80. The number of phenolic OH excluding ortho intramolecular Hbond substituents is 1. The summed E-state index contributed by atoms with van der Waals surface area (Å²) in [5.74, 6) is 0.718. The molecule has 5 heteroatoms. The molecule has 2 heterocycles. The van der Waals surface area contributed by atoms with E-state index >= 15 is 0 Å². The fraction of sp³-hybridized carbons (Fsp3) is 0.200. The normalized spacial score (nSPS) is 12.7. The second-order valence-electron chi connectivity index (χ2n) is 4.80. The molecule has 0 saturated heterocycles. The fourth-order valence-electron chi connectivity index (χ4n) is 2.06. The van der Waals surface area contributed by atoms with Crippen molar-refractivity contribution in [1.29, 1.82) is 0 Å². The molecule has 5 nitrogen and oxygen atoms in total. The third kappa shape index (κ3) is 2.48. The molecule has 3 aromatic rings. The molecule has 2 aromatic heterocycles. The van der Waals surface area contributed by atoms with Crippen LogP contribution in [0.3, 0.4) is 0 Å². The average molecular weight is 269 g/mol. The molecule has 1 atom stereocenters. The molecular weight excluding hydrogens is 254 g/mol. The summed E-state index contributed by atoms with van der Waals surface area (Å²) in [6.45, 7) is 1.91. The molecule has 3 rings (SSSR count). The number of nitrogens with two attached hydrogens (primary N) is 1. The van der Waals surface area contributed by atoms with E-state index in [0.29, 0.717) is 23.5 Å². The number of aromatic hydroxyl groups is 1. The first kappa shape index (κ1) is 12.6. The van der Waals surface area contributed by atoms with Crippen LogP contribution in [0.5, 0.6) is 5.75 Å². The smallest absolute Gasteiger partial charge is 0.214 e. The van der Waals surface area contributed by atoms with Gasteiger partial charge in [0.25, 0.3) is 0 Å². The van der Waals surface area contributed by atoms with Crippen molar-refractivity contribution < 1.29 is 9.52 Å². The molecule has 0 aliphatic carbocycles. The van der Waals surface area contributed by atoms with Crippen LogP contribution in [0.1, 0.15) is 23.2 Å². The van der Waals surface area contributed by atoms with Gasteiger partial charge in [0.1, 0.15) is 5.75 Å². The maximum Gasteiger partial charge on any atom is 0.214 e. The summed E-state index contributed by atoms with van der Waals surface area (Å²) >= 11 is 0. The summed E-state index contributed by atoms with van der Waals surface area (Å²) in [7, 11) is 0. The number of phenols is 1. The number of pyridine rings is 1. The third-order valence-corrected chi connectivity index (χ3v) is 3.12. The predicted octanol–water partition coefficient (Wildman–Crippen LogP) is 2.48. The Balaban J connectivity index is 1.84. The second kappa shape index (κ2) is 4.94. The fourth-order valence-corrected chi connectivity index (χ4v) is 2.06. The number of nitrogens with zero attached hydrogens (tertiary/aromatic N) is 2. The Labute approximate surface area is 116 Å². The molecule has 0 aliphatic heterocycles. The van der Waals surface area contributed by atoms with Gasteiger partial charge in [0.05, 0.1) is 6.04 Å². The number of oxazole rings is 1. The van der Waals surface area contributed by atoms with Gasteiger partial charge in [-0.25, -0.2) is 4.98 Å². The van der Waals surface area contributed by atoms with Gasteiger partial charge in [-0.05, 0) is 43.2 Å². The van der Waals surface area contributed by atoms with E-state index in [0.717, 1.165) is 11.3 Å². The number of hydrogen-bond donors (Lipinski definition) is 2. The van der Waals surface area contributed by atoms with E-state index in [-0.39, 0.29) is 11.8 Å². The van der Waals surface area contributed by atoms with Crippen LogP contribution in [-0.4, -0.2) is 15.1 Å². The van der Waals surface area contributed by atoms with Crippen LogP contribution in [0, 0.1) is 6.92 Å². The minimum atomic E-state index is -0.339. The minimum Gasteiger partial charge on any atom is -0.508 e. The zero-order chi connectivity index (χ0) is 14.1. The molecule has 0 bridgehead atoms. The van der Waals surface area contributed by atoms with E-state index in [1.54, 1.807) is 12.1 Å². The minimum absolute atomic E-state index is 0.240. The molecule has 20 heavy (non-hydrogen) atoms. The standard InChI is InChI=1S/C15H15N3O2/c1-9-2-7-13-14(17-9)18-15(20-13)12(16)8-10-3-5-11(19)6-4-10/h2-7,12,19H,8,16H2,1H3. The van der Waals surface area contributed by atoms with E-state index in [9.17, 15) is 5.11 Å². The maximum atomic E-state index is 9.26. The monoisotopic (exact) mass is 269 g/mol. The largest absolute Gasteiger partial charge is 0.508 e. The van der Waals surface area contributed by atoms with E-state index in [1.807, 2.05) is 31.2 Å². The lowest BCUT2D eigenvalue weighted by Crippen LogP contribution is -2.13. The van der Waals surface area contributed by atoms with Gasteiger partial charge in [-0.3, -0.25) is 0 Å². The van der Waals surface area contributed by atoms with Crippen LogP contribution in [0.4, 0.5) is 0 Å².